The lowest BCUT2D eigenvalue weighted by molar-refractivity contribution is -0.134. The average Bonchev–Trinajstić information content (AvgIpc) is 2.72. The second-order valence-electron chi connectivity index (χ2n) is 4.63. The number of carbonyl (C=O) groups is 2. The van der Waals surface area contributed by atoms with Crippen molar-refractivity contribution in [2.24, 2.45) is 0 Å². The van der Waals surface area contributed by atoms with Crippen molar-refractivity contribution in [3.05, 3.63) is 23.8 Å². The van der Waals surface area contributed by atoms with Crippen LogP contribution in [0.25, 0.3) is 0 Å². The number of rotatable bonds is 2. The molecule has 92 valence electrons. The number of aliphatic hydroxyl groups excluding tert-OH is 1. The highest BCUT2D eigenvalue weighted by molar-refractivity contribution is 5.97. The van der Waals surface area contributed by atoms with E-state index in [-0.39, 0.29) is 18.2 Å². The van der Waals surface area contributed by atoms with Gasteiger partial charge in [0.15, 0.2) is 5.78 Å². The lowest BCUT2D eigenvalue weighted by atomic mass is 10.0. The van der Waals surface area contributed by atoms with Crippen molar-refractivity contribution in [3.8, 4) is 0 Å². The normalized spacial score (nSPS) is 28.1. The third kappa shape index (κ3) is 2.47. The second kappa shape index (κ2) is 4.84. The van der Waals surface area contributed by atoms with Gasteiger partial charge in [0, 0.05) is 18.5 Å². The molecule has 17 heavy (non-hydrogen) atoms. The van der Waals surface area contributed by atoms with Gasteiger partial charge < -0.3 is 10.0 Å². The maximum absolute atomic E-state index is 12.2. The van der Waals surface area contributed by atoms with Crippen LogP contribution in [0, 0.1) is 0 Å². The molecule has 1 N–H and O–H groups in total. The molecule has 1 amide bonds. The summed E-state index contributed by atoms with van der Waals surface area (Å²) in [6.45, 7) is 1.74. The molecule has 0 aromatic rings. The topological polar surface area (TPSA) is 57.6 Å². The minimum atomic E-state index is -0.576. The summed E-state index contributed by atoms with van der Waals surface area (Å²) in [6, 6.07) is -0.454. The van der Waals surface area contributed by atoms with Crippen LogP contribution < -0.4 is 0 Å². The molecule has 2 aliphatic rings. The maximum Gasteiger partial charge on any atom is 0.250 e. The molecule has 0 spiro atoms. The number of nitrogens with zero attached hydrogens (tertiary/aromatic N) is 1. The second-order valence-corrected chi connectivity index (χ2v) is 4.63. The zero-order valence-electron chi connectivity index (χ0n) is 9.93. The van der Waals surface area contributed by atoms with Crippen LogP contribution in [0.2, 0.25) is 0 Å². The van der Waals surface area contributed by atoms with Gasteiger partial charge in [0.25, 0.3) is 0 Å². The zero-order chi connectivity index (χ0) is 12.4. The summed E-state index contributed by atoms with van der Waals surface area (Å²) in [5, 5.41) is 9.59. The highest BCUT2D eigenvalue weighted by atomic mass is 16.3. The minimum Gasteiger partial charge on any atom is -0.391 e. The predicted octanol–water partition coefficient (Wildman–Crippen LogP) is 0.814. The predicted molar refractivity (Wildman–Crippen MR) is 63.3 cm³/mol. The lowest BCUT2D eigenvalue weighted by Gasteiger charge is -2.24. The fourth-order valence-corrected chi connectivity index (χ4v) is 2.39. The molecule has 0 aromatic heterocycles. The Morgan fingerprint density at radius 2 is 2.24 bits per heavy atom. The van der Waals surface area contributed by atoms with Crippen LogP contribution in [0.15, 0.2) is 23.8 Å². The van der Waals surface area contributed by atoms with Gasteiger partial charge in [0.1, 0.15) is 0 Å². The van der Waals surface area contributed by atoms with E-state index in [2.05, 4.69) is 0 Å². The highest BCUT2D eigenvalue weighted by Crippen LogP contribution is 2.23. The van der Waals surface area contributed by atoms with E-state index in [0.717, 1.165) is 12.0 Å². The molecule has 0 saturated carbocycles. The van der Waals surface area contributed by atoms with Crippen LogP contribution in [0.4, 0.5) is 0 Å². The molecule has 0 bridgehead atoms. The summed E-state index contributed by atoms with van der Waals surface area (Å²) in [7, 11) is 0. The number of aliphatic hydroxyl groups is 1. The first-order valence-corrected chi connectivity index (χ1v) is 5.95. The smallest absolute Gasteiger partial charge is 0.250 e. The Labute approximate surface area is 101 Å². The number of likely N-dealkylation sites (tertiary alicyclic amines) is 1. The van der Waals surface area contributed by atoms with Crippen molar-refractivity contribution in [2.45, 2.75) is 38.3 Å². The molecular formula is C13H17NO3. The van der Waals surface area contributed by atoms with E-state index >= 15 is 0 Å². The number of β-amino-alcohol motifs (C(OH)–C–C–N with tert-alkyl or cyclic N) is 1. The van der Waals surface area contributed by atoms with E-state index < -0.39 is 12.1 Å². The molecule has 4 heteroatoms. The van der Waals surface area contributed by atoms with E-state index in [1.54, 1.807) is 6.08 Å². The van der Waals surface area contributed by atoms with Crippen LogP contribution in [0.5, 0.6) is 0 Å². The Balaban J connectivity index is 2.15. The molecule has 1 fully saturated rings. The van der Waals surface area contributed by atoms with E-state index in [4.69, 9.17) is 0 Å². The first-order chi connectivity index (χ1) is 8.09. The molecule has 1 saturated heterocycles. The Morgan fingerprint density at radius 1 is 1.47 bits per heavy atom. The average molecular weight is 235 g/mol. The van der Waals surface area contributed by atoms with Gasteiger partial charge in [-0.2, -0.15) is 0 Å². The van der Waals surface area contributed by atoms with Crippen LogP contribution in [0.1, 0.15) is 26.2 Å². The monoisotopic (exact) mass is 235 g/mol. The third-order valence-corrected chi connectivity index (χ3v) is 3.30. The van der Waals surface area contributed by atoms with E-state index in [9.17, 15) is 14.7 Å². The number of hydrogen-bond acceptors (Lipinski definition) is 3. The van der Waals surface area contributed by atoms with E-state index in [1.807, 2.05) is 12.2 Å². The number of allylic oxidation sites excluding steroid dienone is 3. The van der Waals surface area contributed by atoms with Gasteiger partial charge in [-0.25, -0.2) is 0 Å². The van der Waals surface area contributed by atoms with Crippen molar-refractivity contribution < 1.29 is 14.7 Å². The number of hydrogen-bond donors (Lipinski definition) is 1. The largest absolute Gasteiger partial charge is 0.391 e. The SMILES string of the molecule is CC(=O)[C@H]1C[C@@H](O)CN1C(=O)C1=CC=CCC1. The summed E-state index contributed by atoms with van der Waals surface area (Å²) >= 11 is 0. The molecule has 2 atom stereocenters. The van der Waals surface area contributed by atoms with Crippen molar-refractivity contribution in [1.29, 1.82) is 0 Å². The molecular weight excluding hydrogens is 218 g/mol. The van der Waals surface area contributed by atoms with E-state index in [1.165, 1.54) is 11.8 Å². The Bertz CT molecular complexity index is 397. The van der Waals surface area contributed by atoms with Gasteiger partial charge in [-0.3, -0.25) is 9.59 Å². The van der Waals surface area contributed by atoms with E-state index in [0.29, 0.717) is 12.8 Å². The summed E-state index contributed by atoms with van der Waals surface area (Å²) in [5.41, 5.74) is 0.729. The summed E-state index contributed by atoms with van der Waals surface area (Å²) in [4.78, 5) is 25.2. The summed E-state index contributed by atoms with van der Waals surface area (Å²) in [5.74, 6) is -0.159. The van der Waals surface area contributed by atoms with Gasteiger partial charge in [-0.15, -0.1) is 0 Å². The van der Waals surface area contributed by atoms with Crippen LogP contribution in [-0.4, -0.2) is 40.4 Å². The first kappa shape index (κ1) is 12.0. The number of carbonyl (C=O) groups excluding carboxylic acids is 2. The molecule has 0 radical (unpaired) electrons. The third-order valence-electron chi connectivity index (χ3n) is 3.30. The molecule has 4 nitrogen and oxygen atoms in total. The molecule has 0 aromatic carbocycles. The van der Waals surface area contributed by atoms with Crippen LogP contribution in [0.3, 0.4) is 0 Å². The molecule has 1 aliphatic heterocycles. The Morgan fingerprint density at radius 3 is 2.82 bits per heavy atom. The van der Waals surface area contributed by atoms with Gasteiger partial charge in [0.2, 0.25) is 5.91 Å². The number of Topliss-reactive ketones (excluding diaryl/α,β-unsaturated/α-hetero) is 1. The van der Waals surface area contributed by atoms with Crippen molar-refractivity contribution in [1.82, 2.24) is 4.90 Å². The van der Waals surface area contributed by atoms with Crippen LogP contribution in [-0.2, 0) is 9.59 Å². The van der Waals surface area contributed by atoms with Gasteiger partial charge in [-0.05, 0) is 19.8 Å². The maximum atomic E-state index is 12.2. The fraction of sp³-hybridized carbons (Fsp3) is 0.538. The highest BCUT2D eigenvalue weighted by Gasteiger charge is 2.37. The molecule has 1 heterocycles. The quantitative estimate of drug-likeness (QED) is 0.770. The fourth-order valence-electron chi connectivity index (χ4n) is 2.39. The first-order valence-electron chi connectivity index (χ1n) is 5.95. The minimum absolute atomic E-state index is 0.0538. The Hall–Kier alpha value is -1.42. The van der Waals surface area contributed by atoms with Gasteiger partial charge >= 0.3 is 0 Å². The summed E-state index contributed by atoms with van der Waals surface area (Å²) < 4.78 is 0. The standard InChI is InChI=1S/C13H17NO3/c1-9(15)12-7-11(16)8-14(12)13(17)10-5-3-2-4-6-10/h2-3,5,11-12,16H,4,6-8H2,1H3/t11-,12-/m1/s1. The van der Waals surface area contributed by atoms with Crippen molar-refractivity contribution in [2.75, 3.05) is 6.54 Å². The zero-order valence-corrected chi connectivity index (χ0v) is 9.93. The molecule has 2 rings (SSSR count). The van der Waals surface area contributed by atoms with Crippen molar-refractivity contribution >= 4 is 11.7 Å². The Kier molecular flexibility index (Phi) is 3.43. The molecule has 0 unspecified atom stereocenters. The number of ketones is 1. The van der Waals surface area contributed by atoms with Crippen LogP contribution >= 0.6 is 0 Å². The van der Waals surface area contributed by atoms with Crippen molar-refractivity contribution in [3.63, 3.8) is 0 Å². The van der Waals surface area contributed by atoms with Gasteiger partial charge in [0.05, 0.1) is 12.1 Å². The van der Waals surface area contributed by atoms with Gasteiger partial charge in [-0.1, -0.05) is 18.2 Å². The molecule has 1 aliphatic carbocycles. The lowest BCUT2D eigenvalue weighted by Crippen LogP contribution is -2.40. The summed E-state index contributed by atoms with van der Waals surface area (Å²) in [6.07, 6.45) is 7.04. The number of amides is 1.